The molecule has 5 atom stereocenters. The average Bonchev–Trinajstić information content (AvgIpc) is 3.66. The highest BCUT2D eigenvalue weighted by atomic mass is 19.1. The van der Waals surface area contributed by atoms with Gasteiger partial charge in [-0.2, -0.15) is 4.98 Å². The van der Waals surface area contributed by atoms with E-state index in [9.17, 15) is 10.2 Å². The predicted molar refractivity (Wildman–Crippen MR) is 155 cm³/mol. The smallest absolute Gasteiger partial charge is 0.228 e. The maximum atomic E-state index is 15.7. The molecule has 1 saturated carbocycles. The lowest BCUT2D eigenvalue weighted by molar-refractivity contribution is -0.0298. The molecule has 0 radical (unpaired) electrons. The molecule has 12 heteroatoms. The molecular formula is C30H38FN7O4. The molecule has 3 N–H and O–H groups in total. The van der Waals surface area contributed by atoms with Crippen LogP contribution in [0.2, 0.25) is 0 Å². The standard InChI is InChI=1S/C30H38FN7O4/c1-41-20-6-4-5-17(11-20)28-33-22-13-19(12-21(31)26(22)34-28)25-27-29(38(16-32-27)24-7-2-3-10-42-24)36-30(35-25)37-9-8-18(15-39)23(40)14-37/h12-13,16-18,20,23-24,39-40H,2-11,14-15H2,1H3,(H,33,34)/t17-,18-,20-,23+,24?/m1/s1. The van der Waals surface area contributed by atoms with Gasteiger partial charge in [-0.05, 0) is 57.1 Å². The number of benzene rings is 1. The zero-order valence-corrected chi connectivity index (χ0v) is 23.9. The second-order valence-electron chi connectivity index (χ2n) is 12.0. The largest absolute Gasteiger partial charge is 0.396 e. The summed E-state index contributed by atoms with van der Waals surface area (Å²) in [5.41, 5.74) is 3.18. The van der Waals surface area contributed by atoms with E-state index >= 15 is 4.39 Å². The third-order valence-corrected chi connectivity index (χ3v) is 9.29. The maximum Gasteiger partial charge on any atom is 0.228 e. The molecule has 2 aliphatic heterocycles. The number of ether oxygens (including phenoxy) is 2. The number of anilines is 1. The number of aromatic amines is 1. The third kappa shape index (κ3) is 5.04. The van der Waals surface area contributed by atoms with E-state index in [0.29, 0.717) is 65.5 Å². The van der Waals surface area contributed by atoms with Crippen molar-refractivity contribution in [3.05, 3.63) is 30.1 Å². The first-order valence-corrected chi connectivity index (χ1v) is 15.1. The topological polar surface area (TPSA) is 134 Å². The van der Waals surface area contributed by atoms with Crippen LogP contribution in [0.15, 0.2) is 18.5 Å². The number of fused-ring (bicyclic) bond motifs is 2. The Bertz CT molecular complexity index is 1570. The monoisotopic (exact) mass is 579 g/mol. The minimum Gasteiger partial charge on any atom is -0.396 e. The number of rotatable bonds is 6. The molecule has 3 aliphatic rings. The first kappa shape index (κ1) is 27.6. The minimum absolute atomic E-state index is 0.0651. The summed E-state index contributed by atoms with van der Waals surface area (Å²) in [5.74, 6) is 0.808. The van der Waals surface area contributed by atoms with Crippen LogP contribution in [-0.2, 0) is 9.47 Å². The van der Waals surface area contributed by atoms with Crippen molar-refractivity contribution < 1.29 is 24.1 Å². The Hall–Kier alpha value is -3.19. The number of aliphatic hydroxyl groups is 2. The number of β-amino-alcohol motifs (C(OH)–C–C–N with tert-alkyl or cyclic N) is 1. The number of methoxy groups -OCH3 is 1. The molecule has 5 heterocycles. The number of hydrogen-bond acceptors (Lipinski definition) is 9. The van der Waals surface area contributed by atoms with Crippen molar-refractivity contribution in [3.63, 3.8) is 0 Å². The third-order valence-electron chi connectivity index (χ3n) is 9.29. The molecule has 3 aromatic heterocycles. The van der Waals surface area contributed by atoms with Crippen LogP contribution >= 0.6 is 0 Å². The summed E-state index contributed by atoms with van der Waals surface area (Å²) in [4.78, 5) is 24.5. The van der Waals surface area contributed by atoms with E-state index in [1.165, 1.54) is 6.07 Å². The number of nitrogens with zero attached hydrogens (tertiary/aromatic N) is 6. The van der Waals surface area contributed by atoms with E-state index in [2.05, 4.69) is 9.97 Å². The molecule has 0 amide bonds. The molecule has 1 aliphatic carbocycles. The molecule has 11 nitrogen and oxygen atoms in total. The fourth-order valence-electron chi connectivity index (χ4n) is 6.81. The number of piperidine rings is 1. The normalized spacial score (nSPS) is 27.2. The van der Waals surface area contributed by atoms with Crippen LogP contribution in [0.25, 0.3) is 33.5 Å². The highest BCUT2D eigenvalue weighted by Gasteiger charge is 2.31. The molecule has 1 unspecified atom stereocenters. The zero-order chi connectivity index (χ0) is 28.8. The molecule has 4 aromatic rings. The number of imidazole rings is 2. The summed E-state index contributed by atoms with van der Waals surface area (Å²) in [6.07, 6.45) is 8.49. The highest BCUT2D eigenvalue weighted by molar-refractivity contribution is 5.92. The SMILES string of the molecule is CO[C@@H]1CCC[C@@H](c2nc3c(F)cc(-c4nc(N5CC[C@H](CO)[C@@H](O)C5)nc5c4ncn5C4CCCCO4)cc3[nH]2)C1. The minimum atomic E-state index is -0.701. The van der Waals surface area contributed by atoms with Crippen LogP contribution in [-0.4, -0.2) is 85.3 Å². The van der Waals surface area contributed by atoms with Gasteiger partial charge in [0.05, 0.1) is 24.1 Å². The van der Waals surface area contributed by atoms with Gasteiger partial charge in [0, 0.05) is 50.8 Å². The van der Waals surface area contributed by atoms with E-state index in [-0.39, 0.29) is 30.8 Å². The summed E-state index contributed by atoms with van der Waals surface area (Å²) >= 11 is 0. The number of halogens is 1. The Labute approximate surface area is 243 Å². The van der Waals surface area contributed by atoms with Gasteiger partial charge in [0.25, 0.3) is 0 Å². The van der Waals surface area contributed by atoms with Crippen molar-refractivity contribution in [2.24, 2.45) is 5.92 Å². The lowest BCUT2D eigenvalue weighted by Crippen LogP contribution is -2.45. The van der Waals surface area contributed by atoms with Gasteiger partial charge in [0.15, 0.2) is 11.5 Å². The lowest BCUT2D eigenvalue weighted by atomic mass is 9.87. The van der Waals surface area contributed by atoms with Gasteiger partial charge in [-0.25, -0.2) is 19.3 Å². The summed E-state index contributed by atoms with van der Waals surface area (Å²) in [6.45, 7) is 1.49. The van der Waals surface area contributed by atoms with Crippen LogP contribution < -0.4 is 4.90 Å². The van der Waals surface area contributed by atoms with Gasteiger partial charge in [0.1, 0.15) is 28.8 Å². The highest BCUT2D eigenvalue weighted by Crippen LogP contribution is 2.37. The first-order chi connectivity index (χ1) is 20.5. The van der Waals surface area contributed by atoms with E-state index in [1.54, 1.807) is 13.4 Å². The number of aromatic nitrogens is 6. The Morgan fingerprint density at radius 3 is 2.79 bits per heavy atom. The van der Waals surface area contributed by atoms with Crippen molar-refractivity contribution in [2.45, 2.75) is 75.7 Å². The quantitative estimate of drug-likeness (QED) is 0.309. The van der Waals surface area contributed by atoms with E-state index in [1.807, 2.05) is 15.5 Å². The van der Waals surface area contributed by atoms with E-state index in [0.717, 1.165) is 50.8 Å². The van der Waals surface area contributed by atoms with E-state index < -0.39 is 11.9 Å². The van der Waals surface area contributed by atoms with Gasteiger partial charge in [-0.15, -0.1) is 0 Å². The molecule has 1 aromatic carbocycles. The lowest BCUT2D eigenvalue weighted by Gasteiger charge is -2.35. The van der Waals surface area contributed by atoms with Crippen molar-refractivity contribution in [1.29, 1.82) is 0 Å². The molecule has 42 heavy (non-hydrogen) atoms. The maximum absolute atomic E-state index is 15.7. The summed E-state index contributed by atoms with van der Waals surface area (Å²) in [5, 5.41) is 20.3. The van der Waals surface area contributed by atoms with Crippen molar-refractivity contribution >= 4 is 28.1 Å². The van der Waals surface area contributed by atoms with Gasteiger partial charge in [0.2, 0.25) is 5.95 Å². The second-order valence-corrected chi connectivity index (χ2v) is 12.0. The fraction of sp³-hybridized carbons (Fsp3) is 0.600. The van der Waals surface area contributed by atoms with Gasteiger partial charge in [-0.3, -0.25) is 4.57 Å². The van der Waals surface area contributed by atoms with Crippen LogP contribution in [0.5, 0.6) is 0 Å². The summed E-state index contributed by atoms with van der Waals surface area (Å²) in [7, 11) is 1.74. The molecule has 3 fully saturated rings. The number of aliphatic hydroxyl groups excluding tert-OH is 2. The van der Waals surface area contributed by atoms with E-state index in [4.69, 9.17) is 24.4 Å². The molecule has 224 valence electrons. The van der Waals surface area contributed by atoms with Gasteiger partial charge < -0.3 is 29.6 Å². The van der Waals surface area contributed by atoms with Crippen molar-refractivity contribution in [3.8, 4) is 11.3 Å². The van der Waals surface area contributed by atoms with Crippen LogP contribution in [0.1, 0.15) is 69.3 Å². The summed E-state index contributed by atoms with van der Waals surface area (Å²) < 4.78 is 29.3. The fourth-order valence-corrected chi connectivity index (χ4v) is 6.81. The van der Waals surface area contributed by atoms with Gasteiger partial charge in [-0.1, -0.05) is 6.42 Å². The molecule has 0 spiro atoms. The van der Waals surface area contributed by atoms with Crippen LogP contribution in [0.4, 0.5) is 10.3 Å². The number of hydrogen-bond donors (Lipinski definition) is 3. The molecule has 2 saturated heterocycles. The number of H-pyrrole nitrogens is 1. The molecule has 7 rings (SSSR count). The average molecular weight is 580 g/mol. The number of nitrogens with one attached hydrogen (secondary N) is 1. The van der Waals surface area contributed by atoms with Gasteiger partial charge >= 0.3 is 0 Å². The second kappa shape index (κ2) is 11.5. The Kier molecular flexibility index (Phi) is 7.55. The van der Waals surface area contributed by atoms with Crippen LogP contribution in [0, 0.1) is 11.7 Å². The Balaban J connectivity index is 1.31. The Morgan fingerprint density at radius 1 is 1.10 bits per heavy atom. The molecule has 0 bridgehead atoms. The van der Waals surface area contributed by atoms with Crippen molar-refractivity contribution in [2.75, 3.05) is 38.3 Å². The summed E-state index contributed by atoms with van der Waals surface area (Å²) in [6, 6.07) is 3.36. The predicted octanol–water partition coefficient (Wildman–Crippen LogP) is 4.06. The molecular weight excluding hydrogens is 541 g/mol. The van der Waals surface area contributed by atoms with Crippen molar-refractivity contribution in [1.82, 2.24) is 29.5 Å². The first-order valence-electron chi connectivity index (χ1n) is 15.1. The zero-order valence-electron chi connectivity index (χ0n) is 23.9. The Morgan fingerprint density at radius 2 is 2.00 bits per heavy atom. The van der Waals surface area contributed by atoms with Crippen LogP contribution in [0.3, 0.4) is 0 Å².